The van der Waals surface area contributed by atoms with Crippen LogP contribution in [0.2, 0.25) is 0 Å². The summed E-state index contributed by atoms with van der Waals surface area (Å²) in [4.78, 5) is 25.5. The molecule has 0 atom stereocenters. The molecule has 0 saturated carbocycles. The van der Waals surface area contributed by atoms with Gasteiger partial charge >= 0.3 is 0 Å². The van der Waals surface area contributed by atoms with Crippen molar-refractivity contribution in [3.05, 3.63) is 65.0 Å². The number of nitrogens with one attached hydrogen (secondary N) is 1. The average molecular weight is 480 g/mol. The van der Waals surface area contributed by atoms with Crippen molar-refractivity contribution in [1.82, 2.24) is 9.72 Å². The van der Waals surface area contributed by atoms with Crippen LogP contribution in [0.3, 0.4) is 0 Å². The molecule has 0 aliphatic carbocycles. The number of rotatable bonds is 9. The van der Waals surface area contributed by atoms with Gasteiger partial charge in [0, 0.05) is 35.0 Å². The number of amides is 1. The molecule has 1 N–H and O–H groups in total. The highest BCUT2D eigenvalue weighted by atomic mass is 32.2. The molecule has 0 aliphatic rings. The number of pyridine rings is 1. The Morgan fingerprint density at radius 2 is 1.82 bits per heavy atom. The van der Waals surface area contributed by atoms with Crippen molar-refractivity contribution in [3.8, 4) is 22.8 Å². The number of benzene rings is 2. The summed E-state index contributed by atoms with van der Waals surface area (Å²) >= 11 is 1.30. The maximum Gasteiger partial charge on any atom is 0.251 e. The van der Waals surface area contributed by atoms with Gasteiger partial charge in [-0.1, -0.05) is 23.4 Å². The number of para-hydroxylation sites is 1. The van der Waals surface area contributed by atoms with E-state index in [4.69, 9.17) is 14.0 Å². The monoisotopic (exact) mass is 479 g/mol. The van der Waals surface area contributed by atoms with Gasteiger partial charge in [-0.15, -0.1) is 11.8 Å². The van der Waals surface area contributed by atoms with Gasteiger partial charge in [-0.25, -0.2) is 0 Å². The number of carbonyl (C=O) groups excluding carboxylic acids is 1. The van der Waals surface area contributed by atoms with Gasteiger partial charge in [0.25, 0.3) is 5.56 Å². The molecular weight excluding hydrogens is 454 g/mol. The van der Waals surface area contributed by atoms with Crippen molar-refractivity contribution in [2.24, 2.45) is 7.05 Å². The largest absolute Gasteiger partial charge is 0.490 e. The van der Waals surface area contributed by atoms with Crippen LogP contribution in [-0.2, 0) is 11.8 Å². The minimum atomic E-state index is -0.265. The molecule has 2 aromatic carbocycles. The molecule has 34 heavy (non-hydrogen) atoms. The van der Waals surface area contributed by atoms with Crippen LogP contribution >= 0.6 is 11.8 Å². The number of carbonyl (C=O) groups is 1. The van der Waals surface area contributed by atoms with E-state index in [2.05, 4.69) is 10.5 Å². The van der Waals surface area contributed by atoms with Gasteiger partial charge in [0.05, 0.1) is 24.5 Å². The molecule has 0 aliphatic heterocycles. The highest BCUT2D eigenvalue weighted by molar-refractivity contribution is 8.00. The SMILES string of the molecule is CCOc1ccc(-c2cc(NC(=O)CSc3cc(=O)n(C)c4ccccc34)on2)cc1OCC. The number of ether oxygens (including phenoxy) is 2. The summed E-state index contributed by atoms with van der Waals surface area (Å²) in [5.74, 6) is 1.36. The first-order valence-corrected chi connectivity index (χ1v) is 11.9. The lowest BCUT2D eigenvalue weighted by Gasteiger charge is -2.11. The van der Waals surface area contributed by atoms with Gasteiger partial charge in [-0.3, -0.25) is 14.9 Å². The minimum absolute atomic E-state index is 0.116. The van der Waals surface area contributed by atoms with Crippen LogP contribution < -0.4 is 20.3 Å². The highest BCUT2D eigenvalue weighted by Crippen LogP contribution is 2.33. The van der Waals surface area contributed by atoms with Crippen LogP contribution in [0, 0.1) is 0 Å². The first-order valence-electron chi connectivity index (χ1n) is 10.9. The maximum absolute atomic E-state index is 12.5. The van der Waals surface area contributed by atoms with Crippen LogP contribution in [0.5, 0.6) is 11.5 Å². The number of aryl methyl sites for hydroxylation is 1. The predicted molar refractivity (Wildman–Crippen MR) is 133 cm³/mol. The van der Waals surface area contributed by atoms with E-state index in [-0.39, 0.29) is 23.1 Å². The summed E-state index contributed by atoms with van der Waals surface area (Å²) in [6, 6.07) is 16.3. The second-order valence-corrected chi connectivity index (χ2v) is 8.38. The molecule has 1 amide bonds. The Hall–Kier alpha value is -3.72. The summed E-state index contributed by atoms with van der Waals surface area (Å²) in [5, 5.41) is 7.70. The van der Waals surface area contributed by atoms with Crippen LogP contribution in [0.15, 0.2) is 68.8 Å². The van der Waals surface area contributed by atoms with Gasteiger partial charge < -0.3 is 18.6 Å². The van der Waals surface area contributed by atoms with E-state index in [0.717, 1.165) is 21.4 Å². The number of thioether (sulfide) groups is 1. The van der Waals surface area contributed by atoms with Crippen LogP contribution in [0.4, 0.5) is 5.88 Å². The van der Waals surface area contributed by atoms with Crippen molar-refractivity contribution >= 4 is 34.5 Å². The summed E-state index contributed by atoms with van der Waals surface area (Å²) in [7, 11) is 1.73. The zero-order valence-electron chi connectivity index (χ0n) is 19.2. The summed E-state index contributed by atoms with van der Waals surface area (Å²) < 4.78 is 18.2. The van der Waals surface area contributed by atoms with Gasteiger partial charge in [0.2, 0.25) is 11.8 Å². The topological polar surface area (TPSA) is 95.6 Å². The van der Waals surface area contributed by atoms with Gasteiger partial charge in [0.15, 0.2) is 11.5 Å². The summed E-state index contributed by atoms with van der Waals surface area (Å²) in [6.45, 7) is 4.85. The van der Waals surface area contributed by atoms with E-state index in [1.54, 1.807) is 23.7 Å². The second-order valence-electron chi connectivity index (χ2n) is 7.36. The molecule has 2 heterocycles. The van der Waals surface area contributed by atoms with Crippen molar-refractivity contribution in [3.63, 3.8) is 0 Å². The molecule has 0 radical (unpaired) electrons. The summed E-state index contributed by atoms with van der Waals surface area (Å²) in [5.41, 5.74) is 2.03. The summed E-state index contributed by atoms with van der Waals surface area (Å²) in [6.07, 6.45) is 0. The number of hydrogen-bond acceptors (Lipinski definition) is 7. The molecule has 2 aromatic heterocycles. The first kappa shape index (κ1) is 23.4. The Kier molecular flexibility index (Phi) is 7.22. The van der Waals surface area contributed by atoms with Gasteiger partial charge in [-0.05, 0) is 38.1 Å². The molecule has 9 heteroatoms. The van der Waals surface area contributed by atoms with Crippen LogP contribution in [0.25, 0.3) is 22.2 Å². The molecule has 0 saturated heterocycles. The number of hydrogen-bond donors (Lipinski definition) is 1. The van der Waals surface area contributed by atoms with Gasteiger partial charge in [-0.2, -0.15) is 0 Å². The molecule has 0 unspecified atom stereocenters. The quantitative estimate of drug-likeness (QED) is 0.347. The Balaban J connectivity index is 1.45. The van der Waals surface area contributed by atoms with Gasteiger partial charge in [0.1, 0.15) is 5.69 Å². The highest BCUT2D eigenvalue weighted by Gasteiger charge is 2.14. The number of aromatic nitrogens is 2. The third-order valence-electron chi connectivity index (χ3n) is 5.09. The van der Waals surface area contributed by atoms with Crippen molar-refractivity contribution in [2.45, 2.75) is 18.7 Å². The second kappa shape index (κ2) is 10.5. The molecular formula is C25H25N3O5S. The Bertz CT molecular complexity index is 1380. The fraction of sp³-hybridized carbons (Fsp3) is 0.240. The molecule has 4 aromatic rings. The van der Waals surface area contributed by atoms with Crippen molar-refractivity contribution < 1.29 is 18.8 Å². The fourth-order valence-corrected chi connectivity index (χ4v) is 4.37. The van der Waals surface area contributed by atoms with Crippen molar-refractivity contribution in [1.29, 1.82) is 0 Å². The Morgan fingerprint density at radius 1 is 1.06 bits per heavy atom. The lowest BCUT2D eigenvalue weighted by Crippen LogP contribution is -2.17. The van der Waals surface area contributed by atoms with Crippen molar-refractivity contribution in [2.75, 3.05) is 24.3 Å². The Morgan fingerprint density at radius 3 is 2.62 bits per heavy atom. The molecule has 8 nitrogen and oxygen atoms in total. The minimum Gasteiger partial charge on any atom is -0.490 e. The molecule has 176 valence electrons. The number of nitrogens with zero attached hydrogens (tertiary/aromatic N) is 2. The maximum atomic E-state index is 12.5. The molecule has 4 rings (SSSR count). The fourth-order valence-electron chi connectivity index (χ4n) is 3.50. The van der Waals surface area contributed by atoms with Crippen LogP contribution in [-0.4, -0.2) is 34.6 Å². The van der Waals surface area contributed by atoms with E-state index in [1.165, 1.54) is 11.8 Å². The smallest absolute Gasteiger partial charge is 0.251 e. The van der Waals surface area contributed by atoms with E-state index in [0.29, 0.717) is 30.4 Å². The molecule has 0 fully saturated rings. The Labute approximate surface area is 200 Å². The lowest BCUT2D eigenvalue weighted by atomic mass is 10.1. The first-order chi connectivity index (χ1) is 16.5. The number of anilines is 1. The third-order valence-corrected chi connectivity index (χ3v) is 6.14. The van der Waals surface area contributed by atoms with E-state index in [9.17, 15) is 9.59 Å². The normalized spacial score (nSPS) is 10.9. The molecule has 0 spiro atoms. The zero-order chi connectivity index (χ0) is 24.1. The standard InChI is InChI=1S/C25H25N3O5S/c1-4-31-20-11-10-16(12-21(20)32-5-2)18-13-24(33-27-18)26-23(29)15-34-22-14-25(30)28(3)19-9-7-6-8-17(19)22/h6-14H,4-5,15H2,1-3H3,(H,26,29). The van der Waals surface area contributed by atoms with E-state index < -0.39 is 0 Å². The third kappa shape index (κ3) is 5.09. The number of fused-ring (bicyclic) bond motifs is 1. The van der Waals surface area contributed by atoms with Crippen LogP contribution in [0.1, 0.15) is 13.8 Å². The van der Waals surface area contributed by atoms with E-state index in [1.807, 2.05) is 56.3 Å². The lowest BCUT2D eigenvalue weighted by molar-refractivity contribution is -0.113. The predicted octanol–water partition coefficient (Wildman–Crippen LogP) is 4.72. The average Bonchev–Trinajstić information content (AvgIpc) is 3.30. The zero-order valence-corrected chi connectivity index (χ0v) is 20.0. The van der Waals surface area contributed by atoms with E-state index >= 15 is 0 Å². The molecule has 0 bridgehead atoms.